The first-order chi connectivity index (χ1) is 8.45. The van der Waals surface area contributed by atoms with Gasteiger partial charge in [0.15, 0.2) is 5.69 Å². The van der Waals surface area contributed by atoms with E-state index in [-0.39, 0.29) is 22.7 Å². The summed E-state index contributed by atoms with van der Waals surface area (Å²) >= 11 is 5.90. The molecule has 100 valence electrons. The largest absolute Gasteiger partial charge is 0.455 e. The minimum absolute atomic E-state index is 0.0957. The van der Waals surface area contributed by atoms with Gasteiger partial charge in [0.05, 0.1) is 17.8 Å². The normalized spacial score (nSPS) is 12.6. The van der Waals surface area contributed by atoms with Gasteiger partial charge in [0.1, 0.15) is 11.9 Å². The number of carbonyl (C=O) groups excluding carboxylic acids is 1. The van der Waals surface area contributed by atoms with E-state index >= 15 is 0 Å². The topological polar surface area (TPSA) is 61.3 Å². The van der Waals surface area contributed by atoms with E-state index in [0.29, 0.717) is 12.4 Å². The molecule has 1 heterocycles. The van der Waals surface area contributed by atoms with Crippen molar-refractivity contribution in [3.05, 3.63) is 22.7 Å². The first-order valence-electron chi connectivity index (χ1n) is 5.68. The minimum Gasteiger partial charge on any atom is -0.455 e. The number of aromatic nitrogens is 2. The van der Waals surface area contributed by atoms with Crippen molar-refractivity contribution >= 4 is 17.6 Å². The molecule has 1 atom stereocenters. The van der Waals surface area contributed by atoms with Gasteiger partial charge < -0.3 is 9.47 Å². The molecule has 1 rings (SSSR count). The van der Waals surface area contributed by atoms with Gasteiger partial charge in [0.2, 0.25) is 0 Å². The van der Waals surface area contributed by atoms with E-state index in [4.69, 9.17) is 21.1 Å². The van der Waals surface area contributed by atoms with E-state index in [9.17, 15) is 4.79 Å². The van der Waals surface area contributed by atoms with Crippen molar-refractivity contribution in [2.45, 2.75) is 32.8 Å². The first kappa shape index (κ1) is 14.9. The van der Waals surface area contributed by atoms with Crippen LogP contribution >= 0.6 is 11.6 Å². The summed E-state index contributed by atoms with van der Waals surface area (Å²) in [5.41, 5.74) is 0.0957. The molecule has 6 heteroatoms. The summed E-state index contributed by atoms with van der Waals surface area (Å²) in [4.78, 5) is 20.1. The fourth-order valence-corrected chi connectivity index (χ4v) is 1.48. The molecular formula is C12H17ClN2O3. The lowest BCUT2D eigenvalue weighted by atomic mass is 10.2. The lowest BCUT2D eigenvalue weighted by Crippen LogP contribution is -2.21. The zero-order chi connectivity index (χ0) is 13.7. The molecule has 18 heavy (non-hydrogen) atoms. The molecule has 0 aliphatic rings. The van der Waals surface area contributed by atoms with E-state index in [1.807, 2.05) is 13.8 Å². The van der Waals surface area contributed by atoms with Gasteiger partial charge in [-0.25, -0.2) is 14.8 Å². The minimum atomic E-state index is -0.561. The predicted molar refractivity (Wildman–Crippen MR) is 67.9 cm³/mol. The van der Waals surface area contributed by atoms with Crippen LogP contribution in [-0.2, 0) is 9.47 Å². The van der Waals surface area contributed by atoms with Gasteiger partial charge in [0, 0.05) is 13.0 Å². The van der Waals surface area contributed by atoms with E-state index in [2.05, 4.69) is 9.97 Å². The van der Waals surface area contributed by atoms with E-state index in [1.165, 1.54) is 6.20 Å². The summed E-state index contributed by atoms with van der Waals surface area (Å²) in [5, 5.41) is 0.189. The Morgan fingerprint density at radius 3 is 2.67 bits per heavy atom. The Bertz CT molecular complexity index is 424. The monoisotopic (exact) mass is 272 g/mol. The molecule has 1 unspecified atom stereocenters. The second kappa shape index (κ2) is 6.66. The summed E-state index contributed by atoms with van der Waals surface area (Å²) in [6, 6.07) is 0. The summed E-state index contributed by atoms with van der Waals surface area (Å²) in [5.74, 6) is 0.116. The quantitative estimate of drug-likeness (QED) is 0.771. The number of hydrogen-bond acceptors (Lipinski definition) is 5. The van der Waals surface area contributed by atoms with Crippen molar-refractivity contribution in [1.29, 1.82) is 0 Å². The van der Waals surface area contributed by atoms with Crippen LogP contribution in [0.5, 0.6) is 0 Å². The highest BCUT2D eigenvalue weighted by Crippen LogP contribution is 2.17. The van der Waals surface area contributed by atoms with Crippen LogP contribution in [-0.4, -0.2) is 35.8 Å². The first-order valence-corrected chi connectivity index (χ1v) is 6.05. The molecule has 1 aromatic rings. The van der Waals surface area contributed by atoms with Crippen LogP contribution in [0.25, 0.3) is 0 Å². The zero-order valence-electron chi connectivity index (χ0n) is 10.9. The number of halogens is 1. The third-order valence-corrected chi connectivity index (χ3v) is 2.46. The standard InChI is InChI=1S/C12H17ClN2O3/c1-7(2)11-14-5-9(13)10(15-11)12(16)18-8(3)6-17-4/h5,7-8H,6H2,1-4H3. The highest BCUT2D eigenvalue weighted by molar-refractivity contribution is 6.33. The molecule has 0 N–H and O–H groups in total. The molecule has 0 spiro atoms. The molecule has 5 nitrogen and oxygen atoms in total. The molecule has 0 aromatic carbocycles. The highest BCUT2D eigenvalue weighted by atomic mass is 35.5. The molecule has 0 amide bonds. The second-order valence-electron chi connectivity index (χ2n) is 4.25. The predicted octanol–water partition coefficient (Wildman–Crippen LogP) is 2.45. The number of nitrogens with zero attached hydrogens (tertiary/aromatic N) is 2. The van der Waals surface area contributed by atoms with Gasteiger partial charge in [-0.05, 0) is 6.92 Å². The number of carbonyl (C=O) groups is 1. The van der Waals surface area contributed by atoms with Crippen molar-refractivity contribution in [3.63, 3.8) is 0 Å². The second-order valence-corrected chi connectivity index (χ2v) is 4.66. The van der Waals surface area contributed by atoms with Gasteiger partial charge in [0.25, 0.3) is 0 Å². The smallest absolute Gasteiger partial charge is 0.358 e. The van der Waals surface area contributed by atoms with Gasteiger partial charge in [-0.1, -0.05) is 25.4 Å². The van der Waals surface area contributed by atoms with Crippen molar-refractivity contribution < 1.29 is 14.3 Å². The lowest BCUT2D eigenvalue weighted by molar-refractivity contribution is 0.0114. The molecular weight excluding hydrogens is 256 g/mol. The summed E-state index contributed by atoms with van der Waals surface area (Å²) in [6.45, 7) is 5.93. The maximum Gasteiger partial charge on any atom is 0.358 e. The number of rotatable bonds is 5. The summed E-state index contributed by atoms with van der Waals surface area (Å²) < 4.78 is 10.0. The molecule has 0 saturated carbocycles. The Morgan fingerprint density at radius 2 is 2.11 bits per heavy atom. The number of hydrogen-bond donors (Lipinski definition) is 0. The fourth-order valence-electron chi connectivity index (χ4n) is 1.31. The summed E-state index contributed by atoms with van der Waals surface area (Å²) in [6.07, 6.45) is 1.07. The van der Waals surface area contributed by atoms with Crippen LogP contribution < -0.4 is 0 Å². The van der Waals surface area contributed by atoms with Crippen LogP contribution in [0.15, 0.2) is 6.20 Å². The van der Waals surface area contributed by atoms with Crippen molar-refractivity contribution in [1.82, 2.24) is 9.97 Å². The molecule has 0 radical (unpaired) electrons. The van der Waals surface area contributed by atoms with Gasteiger partial charge in [-0.3, -0.25) is 0 Å². The third kappa shape index (κ3) is 3.92. The number of esters is 1. The van der Waals surface area contributed by atoms with Crippen molar-refractivity contribution in [2.75, 3.05) is 13.7 Å². The van der Waals surface area contributed by atoms with Crippen LogP contribution in [0.2, 0.25) is 5.02 Å². The average Bonchev–Trinajstić information content (AvgIpc) is 2.29. The maximum atomic E-state index is 11.9. The Balaban J connectivity index is 2.87. The van der Waals surface area contributed by atoms with Gasteiger partial charge in [-0.15, -0.1) is 0 Å². The molecule has 0 bridgehead atoms. The third-order valence-electron chi connectivity index (χ3n) is 2.18. The number of methoxy groups -OCH3 is 1. The average molecular weight is 273 g/mol. The number of ether oxygens (including phenoxy) is 2. The van der Waals surface area contributed by atoms with E-state index in [1.54, 1.807) is 14.0 Å². The zero-order valence-corrected chi connectivity index (χ0v) is 11.7. The molecule has 0 aliphatic carbocycles. The Labute approximate surface area is 111 Å². The molecule has 0 aliphatic heterocycles. The van der Waals surface area contributed by atoms with E-state index in [0.717, 1.165) is 0 Å². The van der Waals surface area contributed by atoms with Crippen LogP contribution in [0.3, 0.4) is 0 Å². The maximum absolute atomic E-state index is 11.9. The Hall–Kier alpha value is -1.20. The van der Waals surface area contributed by atoms with Crippen LogP contribution in [0.4, 0.5) is 0 Å². The molecule has 0 fully saturated rings. The molecule has 0 saturated heterocycles. The van der Waals surface area contributed by atoms with Crippen molar-refractivity contribution in [2.24, 2.45) is 0 Å². The SMILES string of the molecule is COCC(C)OC(=O)c1nc(C(C)C)ncc1Cl. The van der Waals surface area contributed by atoms with Crippen LogP contribution in [0, 0.1) is 0 Å². The fraction of sp³-hybridized carbons (Fsp3) is 0.583. The van der Waals surface area contributed by atoms with Gasteiger partial charge >= 0.3 is 5.97 Å². The van der Waals surface area contributed by atoms with Crippen molar-refractivity contribution in [3.8, 4) is 0 Å². The van der Waals surface area contributed by atoms with Crippen LogP contribution in [0.1, 0.15) is 43.0 Å². The van der Waals surface area contributed by atoms with E-state index < -0.39 is 5.97 Å². The Kier molecular flexibility index (Phi) is 5.50. The Morgan fingerprint density at radius 1 is 1.44 bits per heavy atom. The molecule has 1 aromatic heterocycles. The lowest BCUT2D eigenvalue weighted by Gasteiger charge is -2.13. The van der Waals surface area contributed by atoms with Gasteiger partial charge in [-0.2, -0.15) is 0 Å². The summed E-state index contributed by atoms with van der Waals surface area (Å²) in [7, 11) is 1.54. The highest BCUT2D eigenvalue weighted by Gasteiger charge is 2.19.